The highest BCUT2D eigenvalue weighted by Gasteiger charge is 2.09. The van der Waals surface area contributed by atoms with Gasteiger partial charge in [0.1, 0.15) is 0 Å². The molecule has 3 rings (SSSR count). The standard InChI is InChI=1S/C20H18N2O2S/c1-13-11-20(22-18-6-4-3-5-17(13)18)25-12-19(24)15-7-9-16(10-8-15)21-14(2)23/h3-11H,12H2,1-2H3,(H,21,23). The molecule has 5 heteroatoms. The SMILES string of the molecule is CC(=O)Nc1ccc(C(=O)CSc2cc(C)c3ccccc3n2)cc1. The quantitative estimate of drug-likeness (QED) is 0.544. The van der Waals surface area contributed by atoms with Gasteiger partial charge in [-0.2, -0.15) is 0 Å². The van der Waals surface area contributed by atoms with Gasteiger partial charge in [-0.25, -0.2) is 4.98 Å². The van der Waals surface area contributed by atoms with Crippen molar-refractivity contribution < 1.29 is 9.59 Å². The Kier molecular flexibility index (Phi) is 5.14. The number of pyridine rings is 1. The molecule has 0 bridgehead atoms. The van der Waals surface area contributed by atoms with E-state index in [1.165, 1.54) is 18.7 Å². The number of hydrogen-bond acceptors (Lipinski definition) is 4. The Balaban J connectivity index is 1.69. The molecule has 0 fully saturated rings. The highest BCUT2D eigenvalue weighted by molar-refractivity contribution is 7.99. The molecule has 1 heterocycles. The van der Waals surface area contributed by atoms with Crippen molar-refractivity contribution in [3.63, 3.8) is 0 Å². The molecule has 25 heavy (non-hydrogen) atoms. The molecule has 1 aromatic heterocycles. The summed E-state index contributed by atoms with van der Waals surface area (Å²) in [5, 5.41) is 4.66. The summed E-state index contributed by atoms with van der Waals surface area (Å²) >= 11 is 1.44. The fraction of sp³-hybridized carbons (Fsp3) is 0.150. The summed E-state index contributed by atoms with van der Waals surface area (Å²) in [4.78, 5) is 28.0. The number of carbonyl (C=O) groups is 2. The van der Waals surface area contributed by atoms with Crippen molar-refractivity contribution >= 4 is 40.0 Å². The second-order valence-corrected chi connectivity index (χ2v) is 6.76. The molecule has 126 valence electrons. The number of anilines is 1. The molecule has 4 nitrogen and oxygen atoms in total. The number of rotatable bonds is 5. The van der Waals surface area contributed by atoms with Gasteiger partial charge < -0.3 is 5.32 Å². The van der Waals surface area contributed by atoms with Crippen molar-refractivity contribution in [2.75, 3.05) is 11.1 Å². The predicted molar refractivity (Wildman–Crippen MR) is 102 cm³/mol. The number of nitrogens with one attached hydrogen (secondary N) is 1. The molecule has 0 aliphatic rings. The lowest BCUT2D eigenvalue weighted by molar-refractivity contribution is -0.114. The molecule has 0 radical (unpaired) electrons. The topological polar surface area (TPSA) is 59.1 Å². The van der Waals surface area contributed by atoms with Gasteiger partial charge in [0, 0.05) is 23.6 Å². The highest BCUT2D eigenvalue weighted by atomic mass is 32.2. The van der Waals surface area contributed by atoms with E-state index in [1.54, 1.807) is 24.3 Å². The number of aromatic nitrogens is 1. The van der Waals surface area contributed by atoms with E-state index in [1.807, 2.05) is 30.3 Å². The predicted octanol–water partition coefficient (Wildman–Crippen LogP) is 4.48. The van der Waals surface area contributed by atoms with E-state index in [-0.39, 0.29) is 11.7 Å². The van der Waals surface area contributed by atoms with Crippen LogP contribution >= 0.6 is 11.8 Å². The van der Waals surface area contributed by atoms with Crippen LogP contribution in [0.3, 0.4) is 0 Å². The summed E-state index contributed by atoms with van der Waals surface area (Å²) in [6, 6.07) is 16.9. The van der Waals surface area contributed by atoms with Crippen LogP contribution in [0, 0.1) is 6.92 Å². The zero-order valence-electron chi connectivity index (χ0n) is 14.1. The number of thioether (sulfide) groups is 1. The average molecular weight is 350 g/mol. The lowest BCUT2D eigenvalue weighted by Crippen LogP contribution is -2.07. The van der Waals surface area contributed by atoms with Gasteiger partial charge in [-0.15, -0.1) is 0 Å². The number of carbonyl (C=O) groups excluding carboxylic acids is 2. The summed E-state index contributed by atoms with van der Waals surface area (Å²) < 4.78 is 0. The number of hydrogen-bond donors (Lipinski definition) is 1. The third-order valence-electron chi connectivity index (χ3n) is 3.78. The van der Waals surface area contributed by atoms with Crippen LogP contribution in [0.4, 0.5) is 5.69 Å². The first-order valence-corrected chi connectivity index (χ1v) is 8.91. The van der Waals surface area contributed by atoms with Gasteiger partial charge in [0.2, 0.25) is 5.91 Å². The van der Waals surface area contributed by atoms with Crippen LogP contribution < -0.4 is 5.32 Å². The van der Waals surface area contributed by atoms with Gasteiger partial charge >= 0.3 is 0 Å². The monoisotopic (exact) mass is 350 g/mol. The molecule has 0 spiro atoms. The first-order valence-electron chi connectivity index (χ1n) is 7.93. The Hall–Kier alpha value is -2.66. The Morgan fingerprint density at radius 1 is 1.08 bits per heavy atom. The zero-order chi connectivity index (χ0) is 17.8. The van der Waals surface area contributed by atoms with Crippen molar-refractivity contribution in [3.8, 4) is 0 Å². The van der Waals surface area contributed by atoms with E-state index in [0.29, 0.717) is 17.0 Å². The van der Waals surface area contributed by atoms with Crippen molar-refractivity contribution in [2.24, 2.45) is 0 Å². The Labute approximate surface area is 150 Å². The summed E-state index contributed by atoms with van der Waals surface area (Å²) in [7, 11) is 0. The van der Waals surface area contributed by atoms with E-state index >= 15 is 0 Å². The molecule has 1 amide bonds. The zero-order valence-corrected chi connectivity index (χ0v) is 14.9. The number of amides is 1. The highest BCUT2D eigenvalue weighted by Crippen LogP contribution is 2.24. The van der Waals surface area contributed by atoms with Crippen LogP contribution in [0.1, 0.15) is 22.8 Å². The van der Waals surface area contributed by atoms with Crippen molar-refractivity contribution in [1.82, 2.24) is 4.98 Å². The summed E-state index contributed by atoms with van der Waals surface area (Å²) in [6.45, 7) is 3.50. The minimum atomic E-state index is -0.132. The van der Waals surface area contributed by atoms with E-state index in [2.05, 4.69) is 17.2 Å². The van der Waals surface area contributed by atoms with Gasteiger partial charge in [0.05, 0.1) is 16.3 Å². The van der Waals surface area contributed by atoms with E-state index in [9.17, 15) is 9.59 Å². The van der Waals surface area contributed by atoms with Crippen molar-refractivity contribution in [3.05, 3.63) is 65.7 Å². The van der Waals surface area contributed by atoms with Crippen LogP contribution in [0.5, 0.6) is 0 Å². The maximum Gasteiger partial charge on any atom is 0.221 e. The molecular formula is C20H18N2O2S. The van der Waals surface area contributed by atoms with Gasteiger partial charge in [-0.1, -0.05) is 30.0 Å². The third kappa shape index (κ3) is 4.25. The van der Waals surface area contributed by atoms with Gasteiger partial charge in [-0.3, -0.25) is 9.59 Å². The number of fused-ring (bicyclic) bond motifs is 1. The Morgan fingerprint density at radius 3 is 2.52 bits per heavy atom. The molecule has 3 aromatic rings. The summed E-state index contributed by atoms with van der Waals surface area (Å²) in [5.41, 5.74) is 3.40. The molecule has 0 unspecified atom stereocenters. The Morgan fingerprint density at radius 2 is 1.80 bits per heavy atom. The second kappa shape index (κ2) is 7.49. The molecule has 2 aromatic carbocycles. The van der Waals surface area contributed by atoms with Crippen LogP contribution in [0.2, 0.25) is 0 Å². The van der Waals surface area contributed by atoms with Crippen molar-refractivity contribution in [2.45, 2.75) is 18.9 Å². The van der Waals surface area contributed by atoms with Gasteiger partial charge in [0.15, 0.2) is 5.78 Å². The fourth-order valence-electron chi connectivity index (χ4n) is 2.56. The van der Waals surface area contributed by atoms with E-state index in [4.69, 9.17) is 0 Å². The molecule has 0 aliphatic heterocycles. The normalized spacial score (nSPS) is 10.6. The second-order valence-electron chi connectivity index (χ2n) is 5.76. The maximum absolute atomic E-state index is 12.4. The Bertz CT molecular complexity index is 936. The van der Waals surface area contributed by atoms with Crippen LogP contribution in [0.25, 0.3) is 10.9 Å². The fourth-order valence-corrected chi connectivity index (χ4v) is 3.43. The lowest BCUT2D eigenvalue weighted by Gasteiger charge is -2.07. The number of benzene rings is 2. The smallest absolute Gasteiger partial charge is 0.221 e. The largest absolute Gasteiger partial charge is 0.326 e. The number of para-hydroxylation sites is 1. The third-order valence-corrected chi connectivity index (χ3v) is 4.69. The van der Waals surface area contributed by atoms with E-state index in [0.717, 1.165) is 21.5 Å². The molecular weight excluding hydrogens is 332 g/mol. The van der Waals surface area contributed by atoms with Gasteiger partial charge in [0.25, 0.3) is 0 Å². The van der Waals surface area contributed by atoms with Crippen LogP contribution in [0.15, 0.2) is 59.6 Å². The summed E-state index contributed by atoms with van der Waals surface area (Å²) in [5.74, 6) is 0.226. The van der Waals surface area contributed by atoms with Crippen LogP contribution in [-0.2, 0) is 4.79 Å². The number of Topliss-reactive ketones (excluding diaryl/α,β-unsaturated/α-hetero) is 1. The molecule has 0 saturated carbocycles. The van der Waals surface area contributed by atoms with Gasteiger partial charge in [-0.05, 0) is 48.9 Å². The molecule has 0 saturated heterocycles. The van der Waals surface area contributed by atoms with Crippen LogP contribution in [-0.4, -0.2) is 22.4 Å². The molecule has 0 atom stereocenters. The first-order chi connectivity index (χ1) is 12.0. The number of aryl methyl sites for hydroxylation is 1. The number of nitrogens with zero attached hydrogens (tertiary/aromatic N) is 1. The lowest BCUT2D eigenvalue weighted by atomic mass is 10.1. The number of ketones is 1. The first kappa shape index (κ1) is 17.2. The van der Waals surface area contributed by atoms with Crippen molar-refractivity contribution in [1.29, 1.82) is 0 Å². The minimum absolute atomic E-state index is 0.0342. The molecule has 1 N–H and O–H groups in total. The summed E-state index contributed by atoms with van der Waals surface area (Å²) in [6.07, 6.45) is 0. The van der Waals surface area contributed by atoms with E-state index < -0.39 is 0 Å². The maximum atomic E-state index is 12.4. The minimum Gasteiger partial charge on any atom is -0.326 e. The average Bonchev–Trinajstić information content (AvgIpc) is 2.60. The molecule has 0 aliphatic carbocycles.